The van der Waals surface area contributed by atoms with Crippen molar-refractivity contribution < 1.29 is 18.7 Å². The molecule has 2 nitrogen and oxygen atoms in total. The summed E-state index contributed by atoms with van der Waals surface area (Å²) in [6.07, 6.45) is 0. The van der Waals surface area contributed by atoms with E-state index in [-0.39, 0.29) is 10.6 Å². The summed E-state index contributed by atoms with van der Waals surface area (Å²) in [5.74, 6) is -2.30. The molecule has 0 spiro atoms. The molecule has 14 heavy (non-hydrogen) atoms. The van der Waals surface area contributed by atoms with Crippen molar-refractivity contribution in [1.82, 2.24) is 0 Å². The first-order valence-electron chi connectivity index (χ1n) is 3.73. The van der Waals surface area contributed by atoms with Crippen LogP contribution in [0.15, 0.2) is 18.2 Å². The summed E-state index contributed by atoms with van der Waals surface area (Å²) >= 11 is 5.51. The normalized spacial score (nSPS) is 14.9. The summed E-state index contributed by atoms with van der Waals surface area (Å²) in [4.78, 5) is 10.5. The van der Waals surface area contributed by atoms with E-state index >= 15 is 0 Å². The zero-order valence-electron chi connectivity index (χ0n) is 7.22. The lowest BCUT2D eigenvalue weighted by molar-refractivity contribution is -0.150. The summed E-state index contributed by atoms with van der Waals surface area (Å²) in [5.41, 5.74) is -2.86. The zero-order chi connectivity index (χ0) is 10.9. The van der Waals surface area contributed by atoms with Crippen LogP contribution in [0.3, 0.4) is 0 Å². The van der Waals surface area contributed by atoms with E-state index < -0.39 is 17.5 Å². The van der Waals surface area contributed by atoms with Crippen LogP contribution in [0.25, 0.3) is 0 Å². The Balaban J connectivity index is 3.26. The predicted molar refractivity (Wildman–Crippen MR) is 47.5 cm³/mol. The molecular formula is C9H7ClF2O2. The molecule has 1 aromatic rings. The number of benzene rings is 1. The Hall–Kier alpha value is -1.16. The summed E-state index contributed by atoms with van der Waals surface area (Å²) in [6.45, 7) is 0.856. The van der Waals surface area contributed by atoms with Crippen LogP contribution < -0.4 is 0 Å². The van der Waals surface area contributed by atoms with Gasteiger partial charge in [-0.05, 0) is 19.1 Å². The Morgan fingerprint density at radius 1 is 1.57 bits per heavy atom. The fraction of sp³-hybridized carbons (Fsp3) is 0.222. The largest absolute Gasteiger partial charge is 0.479 e. The highest BCUT2D eigenvalue weighted by Gasteiger charge is 2.36. The second-order valence-corrected chi connectivity index (χ2v) is 3.34. The molecule has 0 amide bonds. The summed E-state index contributed by atoms with van der Waals surface area (Å²) in [7, 11) is 0. The van der Waals surface area contributed by atoms with Crippen molar-refractivity contribution in [1.29, 1.82) is 0 Å². The molecule has 76 valence electrons. The zero-order valence-corrected chi connectivity index (χ0v) is 7.98. The third-order valence-corrected chi connectivity index (χ3v) is 2.15. The SMILES string of the molecule is CC(F)(C(=O)O)c1ccc(F)cc1Cl. The summed E-state index contributed by atoms with van der Waals surface area (Å²) in [5, 5.41) is 8.32. The van der Waals surface area contributed by atoms with Gasteiger partial charge in [-0.3, -0.25) is 0 Å². The predicted octanol–water partition coefficient (Wildman–Crippen LogP) is 2.75. The molecule has 1 N–H and O–H groups in total. The molecule has 0 saturated carbocycles. The van der Waals surface area contributed by atoms with E-state index in [1.165, 1.54) is 0 Å². The van der Waals surface area contributed by atoms with Crippen molar-refractivity contribution in [2.75, 3.05) is 0 Å². The van der Waals surface area contributed by atoms with Gasteiger partial charge in [-0.25, -0.2) is 13.6 Å². The van der Waals surface area contributed by atoms with Gasteiger partial charge in [0.05, 0.1) is 5.02 Å². The van der Waals surface area contributed by atoms with Crippen molar-refractivity contribution in [2.45, 2.75) is 12.6 Å². The van der Waals surface area contributed by atoms with E-state index in [9.17, 15) is 13.6 Å². The quantitative estimate of drug-likeness (QED) is 0.832. The third kappa shape index (κ3) is 1.85. The molecule has 1 atom stereocenters. The minimum atomic E-state index is -2.61. The second-order valence-electron chi connectivity index (χ2n) is 2.93. The van der Waals surface area contributed by atoms with Crippen LogP contribution in [0, 0.1) is 5.82 Å². The van der Waals surface area contributed by atoms with Crippen molar-refractivity contribution in [3.8, 4) is 0 Å². The minimum Gasteiger partial charge on any atom is -0.479 e. The third-order valence-electron chi connectivity index (χ3n) is 1.84. The number of carboxylic acids is 1. The molecule has 0 fully saturated rings. The van der Waals surface area contributed by atoms with E-state index in [0.29, 0.717) is 0 Å². The van der Waals surface area contributed by atoms with E-state index in [0.717, 1.165) is 25.1 Å². The number of halogens is 3. The van der Waals surface area contributed by atoms with Crippen molar-refractivity contribution in [2.24, 2.45) is 0 Å². The van der Waals surface area contributed by atoms with Gasteiger partial charge in [0.25, 0.3) is 0 Å². The minimum absolute atomic E-state index is 0.239. The highest BCUT2D eigenvalue weighted by atomic mass is 35.5. The van der Waals surface area contributed by atoms with Crippen LogP contribution in [0.4, 0.5) is 8.78 Å². The lowest BCUT2D eigenvalue weighted by atomic mass is 9.98. The van der Waals surface area contributed by atoms with Crippen molar-refractivity contribution in [3.63, 3.8) is 0 Å². The molecule has 1 aromatic carbocycles. The molecule has 5 heteroatoms. The average Bonchev–Trinajstić information content (AvgIpc) is 2.02. The molecule has 0 radical (unpaired) electrons. The van der Waals surface area contributed by atoms with Crippen LogP contribution in [-0.2, 0) is 10.5 Å². The second kappa shape index (κ2) is 3.53. The Morgan fingerprint density at radius 3 is 2.57 bits per heavy atom. The first-order chi connectivity index (χ1) is 6.35. The van der Waals surface area contributed by atoms with Gasteiger partial charge in [0.1, 0.15) is 5.82 Å². The van der Waals surface area contributed by atoms with Gasteiger partial charge >= 0.3 is 5.97 Å². The van der Waals surface area contributed by atoms with Crippen LogP contribution in [0.1, 0.15) is 12.5 Å². The number of hydrogen-bond acceptors (Lipinski definition) is 1. The van der Waals surface area contributed by atoms with E-state index in [2.05, 4.69) is 0 Å². The van der Waals surface area contributed by atoms with Crippen LogP contribution in [0.5, 0.6) is 0 Å². The first kappa shape index (κ1) is 10.9. The Labute approximate surface area is 84.1 Å². The van der Waals surface area contributed by atoms with E-state index in [4.69, 9.17) is 16.7 Å². The van der Waals surface area contributed by atoms with Gasteiger partial charge in [0, 0.05) is 5.56 Å². The van der Waals surface area contributed by atoms with Gasteiger partial charge in [0.2, 0.25) is 5.67 Å². The molecular weight excluding hydrogens is 214 g/mol. The van der Waals surface area contributed by atoms with Gasteiger partial charge in [-0.15, -0.1) is 0 Å². The van der Waals surface area contributed by atoms with Gasteiger partial charge in [-0.1, -0.05) is 17.7 Å². The molecule has 1 unspecified atom stereocenters. The number of carbonyl (C=O) groups is 1. The molecule has 0 aliphatic rings. The lowest BCUT2D eigenvalue weighted by Crippen LogP contribution is -2.27. The van der Waals surface area contributed by atoms with Crippen LogP contribution in [0.2, 0.25) is 5.02 Å². The Morgan fingerprint density at radius 2 is 2.14 bits per heavy atom. The Bertz CT molecular complexity index is 377. The molecule has 0 aliphatic carbocycles. The smallest absolute Gasteiger partial charge is 0.345 e. The summed E-state index contributed by atoms with van der Waals surface area (Å²) in [6, 6.07) is 2.85. The molecule has 0 aromatic heterocycles. The maximum Gasteiger partial charge on any atom is 0.345 e. The molecule has 0 heterocycles. The average molecular weight is 221 g/mol. The van der Waals surface area contributed by atoms with Crippen LogP contribution >= 0.6 is 11.6 Å². The topological polar surface area (TPSA) is 37.3 Å². The van der Waals surface area contributed by atoms with Gasteiger partial charge in [0.15, 0.2) is 0 Å². The van der Waals surface area contributed by atoms with Crippen molar-refractivity contribution >= 4 is 17.6 Å². The number of rotatable bonds is 2. The Kier molecular flexibility index (Phi) is 2.76. The fourth-order valence-corrected chi connectivity index (χ4v) is 1.33. The maximum absolute atomic E-state index is 13.5. The maximum atomic E-state index is 13.5. The van der Waals surface area contributed by atoms with E-state index in [1.54, 1.807) is 0 Å². The molecule has 0 bridgehead atoms. The highest BCUT2D eigenvalue weighted by Crippen LogP contribution is 2.32. The fourth-order valence-electron chi connectivity index (χ4n) is 0.985. The molecule has 1 rings (SSSR count). The van der Waals surface area contributed by atoms with Gasteiger partial charge in [-0.2, -0.15) is 0 Å². The summed E-state index contributed by atoms with van der Waals surface area (Å²) < 4.78 is 26.1. The molecule has 0 saturated heterocycles. The number of aliphatic carboxylic acids is 1. The lowest BCUT2D eigenvalue weighted by Gasteiger charge is -2.16. The highest BCUT2D eigenvalue weighted by molar-refractivity contribution is 6.31. The monoisotopic (exact) mass is 220 g/mol. The van der Waals surface area contributed by atoms with Gasteiger partial charge < -0.3 is 5.11 Å². The van der Waals surface area contributed by atoms with Crippen molar-refractivity contribution in [3.05, 3.63) is 34.6 Å². The van der Waals surface area contributed by atoms with E-state index in [1.807, 2.05) is 0 Å². The van der Waals surface area contributed by atoms with Crippen LogP contribution in [-0.4, -0.2) is 11.1 Å². The standard InChI is InChI=1S/C9H7ClF2O2/c1-9(12,8(13)14)6-3-2-5(11)4-7(6)10/h2-4H,1H3,(H,13,14). The first-order valence-corrected chi connectivity index (χ1v) is 4.11. The number of carboxylic acid groups (broad SMARTS) is 1. The number of alkyl halides is 1. The molecule has 0 aliphatic heterocycles. The number of hydrogen-bond donors (Lipinski definition) is 1.